The predicted octanol–water partition coefficient (Wildman–Crippen LogP) is 4.19. The van der Waals surface area contributed by atoms with Crippen molar-refractivity contribution in [2.45, 2.75) is 26.3 Å². The van der Waals surface area contributed by atoms with E-state index < -0.39 is 0 Å². The maximum Gasteiger partial charge on any atom is 0.170 e. The van der Waals surface area contributed by atoms with Crippen molar-refractivity contribution in [2.75, 3.05) is 5.32 Å². The van der Waals surface area contributed by atoms with Crippen LogP contribution in [-0.2, 0) is 0 Å². The van der Waals surface area contributed by atoms with Crippen LogP contribution in [0.2, 0.25) is 5.02 Å². The molecule has 0 aromatic heterocycles. The molecule has 16 heavy (non-hydrogen) atoms. The summed E-state index contributed by atoms with van der Waals surface area (Å²) in [5.41, 5.74) is 0.883. The summed E-state index contributed by atoms with van der Waals surface area (Å²) in [6, 6.07) is 6.00. The summed E-state index contributed by atoms with van der Waals surface area (Å²) in [6.45, 7) is 4.19. The minimum absolute atomic E-state index is 0.367. The Bertz CT molecular complexity index is 384. The summed E-state index contributed by atoms with van der Waals surface area (Å²) >= 11 is 14.5. The molecule has 0 unspecified atom stereocenters. The maximum atomic E-state index is 5.98. The highest BCUT2D eigenvalue weighted by molar-refractivity contribution is 9.10. The van der Waals surface area contributed by atoms with Crippen molar-refractivity contribution < 1.29 is 0 Å². The fourth-order valence-corrected chi connectivity index (χ4v) is 1.81. The molecule has 0 amide bonds. The van der Waals surface area contributed by atoms with Gasteiger partial charge in [-0.3, -0.25) is 0 Å². The van der Waals surface area contributed by atoms with E-state index >= 15 is 0 Å². The third kappa shape index (κ3) is 4.28. The van der Waals surface area contributed by atoms with Crippen molar-refractivity contribution in [2.24, 2.45) is 0 Å². The van der Waals surface area contributed by atoms with Gasteiger partial charge in [0.1, 0.15) is 0 Å². The fourth-order valence-electron chi connectivity index (χ4n) is 1.07. The quantitative estimate of drug-likeness (QED) is 0.816. The Labute approximate surface area is 115 Å². The van der Waals surface area contributed by atoms with Crippen LogP contribution in [0.1, 0.15) is 20.3 Å². The van der Waals surface area contributed by atoms with Gasteiger partial charge in [-0.25, -0.2) is 0 Å². The Morgan fingerprint density at radius 3 is 2.81 bits per heavy atom. The molecule has 5 heteroatoms. The van der Waals surface area contributed by atoms with E-state index in [0.717, 1.165) is 16.6 Å². The van der Waals surface area contributed by atoms with Gasteiger partial charge < -0.3 is 10.6 Å². The first-order valence-corrected chi connectivity index (χ1v) is 6.63. The first kappa shape index (κ1) is 13.7. The van der Waals surface area contributed by atoms with Gasteiger partial charge in [0.05, 0.1) is 5.02 Å². The van der Waals surface area contributed by atoms with Gasteiger partial charge in [0.25, 0.3) is 0 Å². The molecule has 0 aliphatic carbocycles. The summed E-state index contributed by atoms with van der Waals surface area (Å²) in [5.74, 6) is 0. The van der Waals surface area contributed by atoms with Gasteiger partial charge in [0.15, 0.2) is 5.11 Å². The van der Waals surface area contributed by atoms with E-state index in [-0.39, 0.29) is 0 Å². The number of anilines is 1. The highest BCUT2D eigenvalue weighted by atomic mass is 79.9. The monoisotopic (exact) mass is 320 g/mol. The summed E-state index contributed by atoms with van der Waals surface area (Å²) in [6.07, 6.45) is 1.03. The first-order chi connectivity index (χ1) is 7.52. The van der Waals surface area contributed by atoms with Crippen LogP contribution in [-0.4, -0.2) is 11.2 Å². The van der Waals surface area contributed by atoms with Crippen molar-refractivity contribution >= 4 is 50.5 Å². The van der Waals surface area contributed by atoms with E-state index in [1.54, 1.807) is 0 Å². The number of halogens is 2. The van der Waals surface area contributed by atoms with E-state index in [2.05, 4.69) is 40.4 Å². The second kappa shape index (κ2) is 6.42. The summed E-state index contributed by atoms with van der Waals surface area (Å²) in [5, 5.41) is 7.55. The number of nitrogens with one attached hydrogen (secondary N) is 2. The largest absolute Gasteiger partial charge is 0.360 e. The van der Waals surface area contributed by atoms with Gasteiger partial charge in [0, 0.05) is 16.2 Å². The van der Waals surface area contributed by atoms with Crippen molar-refractivity contribution in [1.29, 1.82) is 0 Å². The SMILES string of the molecule is CC[C@@H](C)NC(=S)Nc1ccc(Br)c(Cl)c1. The molecule has 0 heterocycles. The lowest BCUT2D eigenvalue weighted by Crippen LogP contribution is -2.35. The molecular weight excluding hydrogens is 308 g/mol. The van der Waals surface area contributed by atoms with Gasteiger partial charge in [-0.15, -0.1) is 0 Å². The zero-order chi connectivity index (χ0) is 12.1. The predicted molar refractivity (Wildman–Crippen MR) is 78.3 cm³/mol. The summed E-state index contributed by atoms with van der Waals surface area (Å²) in [4.78, 5) is 0. The Kier molecular flexibility index (Phi) is 5.52. The number of hydrogen-bond acceptors (Lipinski definition) is 1. The Morgan fingerprint density at radius 1 is 1.56 bits per heavy atom. The lowest BCUT2D eigenvalue weighted by Gasteiger charge is -2.15. The topological polar surface area (TPSA) is 24.1 Å². The Morgan fingerprint density at radius 2 is 2.25 bits per heavy atom. The highest BCUT2D eigenvalue weighted by Crippen LogP contribution is 2.25. The standard InChI is InChI=1S/C11H14BrClN2S/c1-3-7(2)14-11(16)15-8-4-5-9(12)10(13)6-8/h4-7H,3H2,1-2H3,(H2,14,15,16)/t7-/m1/s1. The van der Waals surface area contributed by atoms with Crippen LogP contribution in [0.25, 0.3) is 0 Å². The lowest BCUT2D eigenvalue weighted by molar-refractivity contribution is 0.646. The molecule has 88 valence electrons. The average Bonchev–Trinajstić information content (AvgIpc) is 2.23. The molecule has 0 aliphatic heterocycles. The molecule has 0 aliphatic rings. The van der Waals surface area contributed by atoms with Crippen LogP contribution in [0.15, 0.2) is 22.7 Å². The molecule has 1 aromatic carbocycles. The van der Waals surface area contributed by atoms with E-state index in [4.69, 9.17) is 23.8 Å². The molecule has 1 rings (SSSR count). The molecule has 2 nitrogen and oxygen atoms in total. The van der Waals surface area contributed by atoms with Crippen LogP contribution in [0, 0.1) is 0 Å². The molecular formula is C11H14BrClN2S. The molecule has 0 saturated heterocycles. The second-order valence-corrected chi connectivity index (χ2v) is 5.21. The van der Waals surface area contributed by atoms with Crippen LogP contribution in [0.4, 0.5) is 5.69 Å². The summed E-state index contributed by atoms with van der Waals surface area (Å²) in [7, 11) is 0. The molecule has 1 aromatic rings. The molecule has 2 N–H and O–H groups in total. The molecule has 0 bridgehead atoms. The first-order valence-electron chi connectivity index (χ1n) is 5.05. The van der Waals surface area contributed by atoms with Crippen LogP contribution in [0.5, 0.6) is 0 Å². The van der Waals surface area contributed by atoms with Crippen molar-refractivity contribution in [3.63, 3.8) is 0 Å². The molecule has 0 fully saturated rings. The van der Waals surface area contributed by atoms with Crippen LogP contribution >= 0.6 is 39.7 Å². The average molecular weight is 322 g/mol. The van der Waals surface area contributed by atoms with Crippen molar-refractivity contribution in [3.8, 4) is 0 Å². The van der Waals surface area contributed by atoms with Gasteiger partial charge in [0.2, 0.25) is 0 Å². The maximum absolute atomic E-state index is 5.98. The van der Waals surface area contributed by atoms with Gasteiger partial charge in [-0.2, -0.15) is 0 Å². The highest BCUT2D eigenvalue weighted by Gasteiger charge is 2.03. The number of benzene rings is 1. The van der Waals surface area contributed by atoms with E-state index in [0.29, 0.717) is 16.2 Å². The summed E-state index contributed by atoms with van der Waals surface area (Å²) < 4.78 is 0.875. The Hall–Kier alpha value is -0.320. The zero-order valence-corrected chi connectivity index (χ0v) is 12.3. The van der Waals surface area contributed by atoms with E-state index in [1.165, 1.54) is 0 Å². The van der Waals surface area contributed by atoms with Crippen LogP contribution in [0.3, 0.4) is 0 Å². The van der Waals surface area contributed by atoms with Crippen molar-refractivity contribution in [1.82, 2.24) is 5.32 Å². The second-order valence-electron chi connectivity index (χ2n) is 3.54. The normalized spacial score (nSPS) is 12.0. The van der Waals surface area contributed by atoms with E-state index in [9.17, 15) is 0 Å². The molecule has 0 saturated carbocycles. The van der Waals surface area contributed by atoms with Gasteiger partial charge >= 0.3 is 0 Å². The number of hydrogen-bond donors (Lipinski definition) is 2. The fraction of sp³-hybridized carbons (Fsp3) is 0.364. The third-order valence-electron chi connectivity index (χ3n) is 2.17. The number of rotatable bonds is 3. The molecule has 1 atom stereocenters. The van der Waals surface area contributed by atoms with E-state index in [1.807, 2.05) is 18.2 Å². The minimum Gasteiger partial charge on any atom is -0.360 e. The lowest BCUT2D eigenvalue weighted by atomic mass is 10.3. The smallest absolute Gasteiger partial charge is 0.170 e. The van der Waals surface area contributed by atoms with Gasteiger partial charge in [-0.1, -0.05) is 18.5 Å². The zero-order valence-electron chi connectivity index (χ0n) is 9.18. The molecule has 0 radical (unpaired) electrons. The molecule has 0 spiro atoms. The number of thiocarbonyl (C=S) groups is 1. The third-order valence-corrected chi connectivity index (χ3v) is 3.62. The minimum atomic E-state index is 0.367. The van der Waals surface area contributed by atoms with Crippen LogP contribution < -0.4 is 10.6 Å². The Balaban J connectivity index is 2.59. The van der Waals surface area contributed by atoms with Crippen molar-refractivity contribution in [3.05, 3.63) is 27.7 Å². The van der Waals surface area contributed by atoms with Gasteiger partial charge in [-0.05, 0) is 59.7 Å².